The van der Waals surface area contributed by atoms with Gasteiger partial charge in [-0.1, -0.05) is 45.4 Å². The second-order valence-corrected chi connectivity index (χ2v) is 4.20. The third-order valence-electron chi connectivity index (χ3n) is 2.78. The summed E-state index contributed by atoms with van der Waals surface area (Å²) >= 11 is 0. The highest BCUT2D eigenvalue weighted by Crippen LogP contribution is 2.14. The van der Waals surface area contributed by atoms with Gasteiger partial charge in [-0.05, 0) is 12.8 Å². The molecule has 0 aromatic heterocycles. The molecule has 0 saturated heterocycles. The number of carbonyl (C=O) groups is 2. The molecule has 0 fully saturated rings. The number of hydrogen-bond acceptors (Lipinski definition) is 2. The molecule has 15 heavy (non-hydrogen) atoms. The summed E-state index contributed by atoms with van der Waals surface area (Å²) in [4.78, 5) is 20.8. The van der Waals surface area contributed by atoms with Crippen LogP contribution in [0.4, 0.5) is 0 Å². The van der Waals surface area contributed by atoms with Crippen LogP contribution in [0.2, 0.25) is 0 Å². The molecule has 0 radical (unpaired) electrons. The Labute approximate surface area is 93.4 Å². The fourth-order valence-corrected chi connectivity index (χ4v) is 1.75. The molecule has 0 bridgehead atoms. The molecule has 0 aliphatic carbocycles. The van der Waals surface area contributed by atoms with Crippen molar-refractivity contribution in [3.63, 3.8) is 0 Å². The molecule has 0 rings (SSSR count). The summed E-state index contributed by atoms with van der Waals surface area (Å²) in [6, 6.07) is 0. The van der Waals surface area contributed by atoms with E-state index in [-0.39, 0.29) is 5.92 Å². The molecule has 0 saturated carbocycles. The zero-order chi connectivity index (χ0) is 11.4. The van der Waals surface area contributed by atoms with E-state index in [2.05, 4.69) is 6.92 Å². The lowest BCUT2D eigenvalue weighted by Crippen LogP contribution is -2.02. The van der Waals surface area contributed by atoms with Gasteiger partial charge in [0, 0.05) is 12.3 Å². The van der Waals surface area contributed by atoms with Gasteiger partial charge < -0.3 is 9.59 Å². The Balaban J connectivity index is 3.29. The second kappa shape index (κ2) is 11.4. The highest BCUT2D eigenvalue weighted by molar-refractivity contribution is 5.55. The van der Waals surface area contributed by atoms with E-state index in [0.717, 1.165) is 31.8 Å². The van der Waals surface area contributed by atoms with E-state index in [4.69, 9.17) is 0 Å². The first-order chi connectivity index (χ1) is 7.35. The van der Waals surface area contributed by atoms with Crippen LogP contribution in [-0.2, 0) is 9.59 Å². The number of rotatable bonds is 11. The van der Waals surface area contributed by atoms with Crippen LogP contribution < -0.4 is 0 Å². The van der Waals surface area contributed by atoms with Gasteiger partial charge in [0.15, 0.2) is 0 Å². The average Bonchev–Trinajstić information content (AvgIpc) is 2.27. The van der Waals surface area contributed by atoms with Crippen molar-refractivity contribution < 1.29 is 9.59 Å². The summed E-state index contributed by atoms with van der Waals surface area (Å²) in [5, 5.41) is 0. The molecule has 2 heteroatoms. The van der Waals surface area contributed by atoms with Gasteiger partial charge in [-0.25, -0.2) is 0 Å². The van der Waals surface area contributed by atoms with Crippen molar-refractivity contribution in [3.8, 4) is 0 Å². The topological polar surface area (TPSA) is 34.1 Å². The lowest BCUT2D eigenvalue weighted by molar-refractivity contribution is -0.112. The summed E-state index contributed by atoms with van der Waals surface area (Å²) in [6.45, 7) is 2.21. The molecule has 88 valence electrons. The number of carbonyl (C=O) groups excluding carboxylic acids is 2. The smallest absolute Gasteiger partial charge is 0.123 e. The third kappa shape index (κ3) is 9.64. The zero-order valence-electron chi connectivity index (χ0n) is 9.91. The number of aldehydes is 2. The van der Waals surface area contributed by atoms with E-state index in [0.29, 0.717) is 6.42 Å². The van der Waals surface area contributed by atoms with Crippen LogP contribution in [0, 0.1) is 5.92 Å². The molecular formula is C13H24O2. The predicted octanol–water partition coefficient (Wildman–Crippen LogP) is 3.53. The molecule has 1 unspecified atom stereocenters. The van der Waals surface area contributed by atoms with E-state index in [9.17, 15) is 9.59 Å². The number of unbranched alkanes of at least 4 members (excludes halogenated alkanes) is 5. The summed E-state index contributed by atoms with van der Waals surface area (Å²) < 4.78 is 0. The van der Waals surface area contributed by atoms with Crippen LogP contribution in [-0.4, -0.2) is 12.6 Å². The highest BCUT2D eigenvalue weighted by atomic mass is 16.1. The predicted molar refractivity (Wildman–Crippen MR) is 62.8 cm³/mol. The van der Waals surface area contributed by atoms with Crippen LogP contribution in [0.3, 0.4) is 0 Å². The van der Waals surface area contributed by atoms with Gasteiger partial charge in [0.2, 0.25) is 0 Å². The van der Waals surface area contributed by atoms with Crippen LogP contribution >= 0.6 is 0 Å². The van der Waals surface area contributed by atoms with E-state index >= 15 is 0 Å². The maximum atomic E-state index is 10.7. The van der Waals surface area contributed by atoms with Crippen LogP contribution in [0.25, 0.3) is 0 Å². The average molecular weight is 212 g/mol. The van der Waals surface area contributed by atoms with Crippen molar-refractivity contribution in [3.05, 3.63) is 0 Å². The summed E-state index contributed by atoms with van der Waals surface area (Å²) in [6.07, 6.45) is 11.7. The van der Waals surface area contributed by atoms with Gasteiger partial charge in [-0.15, -0.1) is 0 Å². The van der Waals surface area contributed by atoms with E-state index in [1.54, 1.807) is 0 Å². The van der Waals surface area contributed by atoms with Crippen molar-refractivity contribution in [2.24, 2.45) is 5.92 Å². The Bertz CT molecular complexity index is 155. The fraction of sp³-hybridized carbons (Fsp3) is 0.846. The lowest BCUT2D eigenvalue weighted by Gasteiger charge is -2.07. The van der Waals surface area contributed by atoms with E-state index < -0.39 is 0 Å². The van der Waals surface area contributed by atoms with Crippen LogP contribution in [0.15, 0.2) is 0 Å². The molecular weight excluding hydrogens is 188 g/mol. The van der Waals surface area contributed by atoms with Crippen molar-refractivity contribution in [2.75, 3.05) is 0 Å². The molecule has 0 heterocycles. The van der Waals surface area contributed by atoms with E-state index in [1.165, 1.54) is 32.1 Å². The maximum absolute atomic E-state index is 10.7. The second-order valence-electron chi connectivity index (χ2n) is 4.20. The summed E-state index contributed by atoms with van der Waals surface area (Å²) in [7, 11) is 0. The first-order valence-corrected chi connectivity index (χ1v) is 6.24. The van der Waals surface area contributed by atoms with Crippen molar-refractivity contribution in [1.82, 2.24) is 0 Å². The molecule has 0 aliphatic rings. The SMILES string of the molecule is CCCCCCCCC(C=O)CCC=O. The molecule has 0 aliphatic heterocycles. The van der Waals surface area contributed by atoms with E-state index in [1.807, 2.05) is 0 Å². The molecule has 0 aromatic rings. The Morgan fingerprint density at radius 3 is 2.20 bits per heavy atom. The highest BCUT2D eigenvalue weighted by Gasteiger charge is 2.05. The van der Waals surface area contributed by atoms with Crippen molar-refractivity contribution in [1.29, 1.82) is 0 Å². The Kier molecular flexibility index (Phi) is 10.9. The van der Waals surface area contributed by atoms with Crippen molar-refractivity contribution in [2.45, 2.75) is 64.7 Å². The van der Waals surface area contributed by atoms with Crippen LogP contribution in [0.1, 0.15) is 64.7 Å². The molecule has 0 aromatic carbocycles. The summed E-state index contributed by atoms with van der Waals surface area (Å²) in [5.41, 5.74) is 0. The van der Waals surface area contributed by atoms with Gasteiger partial charge >= 0.3 is 0 Å². The molecule has 0 N–H and O–H groups in total. The minimum atomic E-state index is 0.112. The Hall–Kier alpha value is -0.660. The van der Waals surface area contributed by atoms with Crippen molar-refractivity contribution >= 4 is 12.6 Å². The van der Waals surface area contributed by atoms with Gasteiger partial charge in [-0.3, -0.25) is 0 Å². The Morgan fingerprint density at radius 1 is 0.933 bits per heavy atom. The monoisotopic (exact) mass is 212 g/mol. The Morgan fingerprint density at radius 2 is 1.60 bits per heavy atom. The lowest BCUT2D eigenvalue weighted by atomic mass is 9.97. The minimum Gasteiger partial charge on any atom is -0.303 e. The largest absolute Gasteiger partial charge is 0.303 e. The normalized spacial score (nSPS) is 12.3. The van der Waals surface area contributed by atoms with Gasteiger partial charge in [0.1, 0.15) is 12.6 Å². The standard InChI is InChI=1S/C13H24O2/c1-2-3-4-5-6-7-9-13(12-15)10-8-11-14/h11-13H,2-10H2,1H3. The minimum absolute atomic E-state index is 0.112. The quantitative estimate of drug-likeness (QED) is 0.388. The molecule has 0 spiro atoms. The first kappa shape index (κ1) is 14.3. The molecule has 1 atom stereocenters. The fourth-order valence-electron chi connectivity index (χ4n) is 1.75. The van der Waals surface area contributed by atoms with Gasteiger partial charge in [-0.2, -0.15) is 0 Å². The van der Waals surface area contributed by atoms with Gasteiger partial charge in [0.05, 0.1) is 0 Å². The third-order valence-corrected chi connectivity index (χ3v) is 2.78. The molecule has 0 amide bonds. The van der Waals surface area contributed by atoms with Gasteiger partial charge in [0.25, 0.3) is 0 Å². The summed E-state index contributed by atoms with van der Waals surface area (Å²) in [5.74, 6) is 0.112. The van der Waals surface area contributed by atoms with Crippen LogP contribution in [0.5, 0.6) is 0 Å². The maximum Gasteiger partial charge on any atom is 0.123 e. The number of hydrogen-bond donors (Lipinski definition) is 0. The first-order valence-electron chi connectivity index (χ1n) is 6.24. The zero-order valence-corrected chi connectivity index (χ0v) is 9.91. The molecule has 2 nitrogen and oxygen atoms in total.